The van der Waals surface area contributed by atoms with E-state index in [1.165, 1.54) is 33.2 Å². The summed E-state index contributed by atoms with van der Waals surface area (Å²) >= 11 is 0. The second-order valence-corrected chi connectivity index (χ2v) is 10.3. The van der Waals surface area contributed by atoms with Crippen LogP contribution in [0.4, 0.5) is 0 Å². The maximum absolute atomic E-state index is 4.83. The Morgan fingerprint density at radius 2 is 1.57 bits per heavy atom. The van der Waals surface area contributed by atoms with Crippen LogP contribution in [0, 0.1) is 0 Å². The molecule has 5 nitrogen and oxygen atoms in total. The van der Waals surface area contributed by atoms with E-state index in [1.807, 2.05) is 35.1 Å². The van der Waals surface area contributed by atoms with Gasteiger partial charge >= 0.3 is 0 Å². The fraction of sp³-hybridized carbons (Fsp3) is 0.0938. The van der Waals surface area contributed by atoms with Gasteiger partial charge in [0.25, 0.3) is 0 Å². The third kappa shape index (κ3) is 2.77. The molecule has 3 aromatic carbocycles. The average molecular weight is 478 g/mol. The quantitative estimate of drug-likeness (QED) is 0.265. The van der Waals surface area contributed by atoms with Crippen LogP contribution in [-0.2, 0) is 5.41 Å². The minimum absolute atomic E-state index is 0.0477. The minimum atomic E-state index is -0.0477. The van der Waals surface area contributed by atoms with E-state index in [9.17, 15) is 0 Å². The summed E-state index contributed by atoms with van der Waals surface area (Å²) in [5, 5.41) is 1.19. The topological polar surface area (TPSA) is 48.0 Å². The second-order valence-electron chi connectivity index (χ2n) is 10.3. The molecule has 0 spiro atoms. The lowest BCUT2D eigenvalue weighted by Gasteiger charge is -2.21. The van der Waals surface area contributed by atoms with E-state index in [0.29, 0.717) is 5.78 Å². The van der Waals surface area contributed by atoms with Crippen LogP contribution in [0.25, 0.3) is 55.8 Å². The normalized spacial score (nSPS) is 13.9. The molecular weight excluding hydrogens is 454 g/mol. The third-order valence-electron chi connectivity index (χ3n) is 7.88. The maximum atomic E-state index is 4.83. The lowest BCUT2D eigenvalue weighted by Crippen LogP contribution is -2.14. The smallest absolute Gasteiger partial charge is 0.234 e. The molecule has 7 aromatic rings. The summed E-state index contributed by atoms with van der Waals surface area (Å²) in [4.78, 5) is 13.9. The summed E-state index contributed by atoms with van der Waals surface area (Å²) in [7, 11) is 0. The molecule has 8 rings (SSSR count). The number of imidazole rings is 1. The molecule has 0 atom stereocenters. The van der Waals surface area contributed by atoms with Crippen LogP contribution in [0.1, 0.15) is 25.0 Å². The zero-order valence-corrected chi connectivity index (χ0v) is 20.6. The predicted molar refractivity (Wildman–Crippen MR) is 148 cm³/mol. The van der Waals surface area contributed by atoms with Gasteiger partial charge in [0.15, 0.2) is 0 Å². The fourth-order valence-electron chi connectivity index (χ4n) is 6.05. The van der Waals surface area contributed by atoms with Crippen molar-refractivity contribution in [2.45, 2.75) is 19.3 Å². The van der Waals surface area contributed by atoms with E-state index in [1.54, 1.807) is 6.20 Å². The number of hydrogen-bond donors (Lipinski definition) is 0. The first-order chi connectivity index (χ1) is 18.1. The third-order valence-corrected chi connectivity index (χ3v) is 7.88. The minimum Gasteiger partial charge on any atom is -0.308 e. The number of aromatic nitrogens is 5. The highest BCUT2D eigenvalue weighted by molar-refractivity contribution is 6.09. The highest BCUT2D eigenvalue weighted by atomic mass is 15.1. The summed E-state index contributed by atoms with van der Waals surface area (Å²) < 4.78 is 4.28. The molecule has 0 N–H and O–H groups in total. The van der Waals surface area contributed by atoms with Crippen molar-refractivity contribution in [2.24, 2.45) is 0 Å². The Kier molecular flexibility index (Phi) is 3.94. The van der Waals surface area contributed by atoms with Crippen LogP contribution in [0.5, 0.6) is 0 Å². The van der Waals surface area contributed by atoms with Crippen molar-refractivity contribution in [1.29, 1.82) is 0 Å². The highest BCUT2D eigenvalue weighted by Crippen LogP contribution is 2.50. The van der Waals surface area contributed by atoms with E-state index < -0.39 is 0 Å². The Bertz CT molecular complexity index is 1970. The van der Waals surface area contributed by atoms with Gasteiger partial charge in [0.2, 0.25) is 5.78 Å². The van der Waals surface area contributed by atoms with Crippen molar-refractivity contribution >= 4 is 27.7 Å². The van der Waals surface area contributed by atoms with Gasteiger partial charge in [0, 0.05) is 46.8 Å². The van der Waals surface area contributed by atoms with Crippen molar-refractivity contribution in [1.82, 2.24) is 23.9 Å². The SMILES string of the molecule is CC1(C)c2ccccc2-c2cc3c(cc21)c1ncccc1n3-c1ccc(-c2cn3cccnc3n2)cc1. The molecule has 0 radical (unpaired) electrons. The molecule has 0 amide bonds. The largest absolute Gasteiger partial charge is 0.308 e. The van der Waals surface area contributed by atoms with E-state index in [2.05, 4.69) is 95.1 Å². The van der Waals surface area contributed by atoms with Crippen LogP contribution in [0.3, 0.4) is 0 Å². The molecule has 0 saturated heterocycles. The van der Waals surface area contributed by atoms with Crippen LogP contribution in [0.15, 0.2) is 104 Å². The number of nitrogens with zero attached hydrogens (tertiary/aromatic N) is 5. The van der Waals surface area contributed by atoms with E-state index in [0.717, 1.165) is 28.0 Å². The molecule has 0 fully saturated rings. The molecule has 0 bridgehead atoms. The lowest BCUT2D eigenvalue weighted by atomic mass is 9.82. The van der Waals surface area contributed by atoms with Gasteiger partial charge in [-0.2, -0.15) is 0 Å². The fourth-order valence-corrected chi connectivity index (χ4v) is 6.05. The number of fused-ring (bicyclic) bond motifs is 7. The number of benzene rings is 3. The maximum Gasteiger partial charge on any atom is 0.234 e. The first-order valence-corrected chi connectivity index (χ1v) is 12.5. The van der Waals surface area contributed by atoms with Crippen molar-refractivity contribution in [3.63, 3.8) is 0 Å². The monoisotopic (exact) mass is 477 g/mol. The lowest BCUT2D eigenvalue weighted by molar-refractivity contribution is 0.661. The second kappa shape index (κ2) is 7.14. The van der Waals surface area contributed by atoms with Gasteiger partial charge in [-0.05, 0) is 64.7 Å². The summed E-state index contributed by atoms with van der Waals surface area (Å²) in [5.74, 6) is 0.701. The Balaban J connectivity index is 1.35. The molecule has 4 heterocycles. The zero-order chi connectivity index (χ0) is 24.7. The Morgan fingerprint density at radius 3 is 2.43 bits per heavy atom. The highest BCUT2D eigenvalue weighted by Gasteiger charge is 2.36. The molecular formula is C32H23N5. The molecule has 1 aliphatic rings. The first-order valence-electron chi connectivity index (χ1n) is 12.5. The Morgan fingerprint density at radius 1 is 0.730 bits per heavy atom. The Hall–Kier alpha value is -4.77. The van der Waals surface area contributed by atoms with Crippen LogP contribution in [0.2, 0.25) is 0 Å². The van der Waals surface area contributed by atoms with Crippen LogP contribution >= 0.6 is 0 Å². The van der Waals surface area contributed by atoms with Gasteiger partial charge in [-0.15, -0.1) is 0 Å². The molecule has 5 heteroatoms. The molecule has 176 valence electrons. The average Bonchev–Trinajstić information content (AvgIpc) is 3.57. The molecule has 4 aromatic heterocycles. The van der Waals surface area contributed by atoms with Gasteiger partial charge < -0.3 is 4.57 Å². The molecule has 37 heavy (non-hydrogen) atoms. The summed E-state index contributed by atoms with van der Waals surface area (Å²) in [5.41, 5.74) is 11.7. The van der Waals surface area contributed by atoms with Gasteiger partial charge in [-0.3, -0.25) is 9.38 Å². The molecule has 1 aliphatic carbocycles. The number of hydrogen-bond acceptors (Lipinski definition) is 3. The van der Waals surface area contributed by atoms with E-state index in [4.69, 9.17) is 4.98 Å². The molecule has 0 unspecified atom stereocenters. The van der Waals surface area contributed by atoms with Gasteiger partial charge in [-0.1, -0.05) is 50.2 Å². The Labute approximate surface area is 213 Å². The van der Waals surface area contributed by atoms with Gasteiger partial charge in [-0.25, -0.2) is 9.97 Å². The van der Waals surface area contributed by atoms with Crippen molar-refractivity contribution in [2.75, 3.05) is 0 Å². The molecule has 0 aliphatic heterocycles. The van der Waals surface area contributed by atoms with Gasteiger partial charge in [0.05, 0.1) is 22.2 Å². The summed E-state index contributed by atoms with van der Waals surface area (Å²) in [6.07, 6.45) is 7.64. The van der Waals surface area contributed by atoms with Gasteiger partial charge in [0.1, 0.15) is 0 Å². The van der Waals surface area contributed by atoms with E-state index >= 15 is 0 Å². The van der Waals surface area contributed by atoms with Crippen molar-refractivity contribution in [3.05, 3.63) is 115 Å². The van der Waals surface area contributed by atoms with Crippen molar-refractivity contribution < 1.29 is 0 Å². The van der Waals surface area contributed by atoms with Crippen LogP contribution < -0.4 is 0 Å². The first kappa shape index (κ1) is 20.4. The zero-order valence-electron chi connectivity index (χ0n) is 20.6. The summed E-state index contributed by atoms with van der Waals surface area (Å²) in [6.45, 7) is 4.65. The molecule has 0 saturated carbocycles. The standard InChI is InChI=1S/C32H23N5/c1-32(2)25-8-4-3-7-22(25)23-18-29-24(17-26(23)32)30-28(9-5-14-33-30)37(29)21-12-10-20(11-13-21)27-19-36-16-6-15-34-31(36)35-27/h3-19H,1-2H3. The summed E-state index contributed by atoms with van der Waals surface area (Å²) in [6, 6.07) is 28.2. The number of pyridine rings is 1. The van der Waals surface area contributed by atoms with E-state index in [-0.39, 0.29) is 5.41 Å². The number of rotatable bonds is 2. The van der Waals surface area contributed by atoms with Crippen molar-refractivity contribution in [3.8, 4) is 28.1 Å². The predicted octanol–water partition coefficient (Wildman–Crippen LogP) is 7.19. The van der Waals surface area contributed by atoms with Crippen LogP contribution in [-0.4, -0.2) is 23.9 Å².